The Morgan fingerprint density at radius 1 is 1.06 bits per heavy atom. The Hall–Kier alpha value is -3.74. The zero-order valence-corrected chi connectivity index (χ0v) is 20.2. The van der Waals surface area contributed by atoms with E-state index in [0.717, 1.165) is 49.4 Å². The van der Waals surface area contributed by atoms with E-state index >= 15 is 0 Å². The number of carbonyl (C=O) groups is 1. The van der Waals surface area contributed by atoms with E-state index in [1.165, 1.54) is 11.6 Å². The Morgan fingerprint density at radius 2 is 1.77 bits per heavy atom. The van der Waals surface area contributed by atoms with Crippen LogP contribution in [0.1, 0.15) is 36.6 Å². The highest BCUT2D eigenvalue weighted by atomic mass is 19.1. The zero-order chi connectivity index (χ0) is 24.4. The van der Waals surface area contributed by atoms with Crippen molar-refractivity contribution < 1.29 is 9.18 Å². The topological polar surface area (TPSA) is 62.5 Å². The first-order valence-electron chi connectivity index (χ1n) is 12.2. The molecule has 0 atom stereocenters. The van der Waals surface area contributed by atoms with Gasteiger partial charge in [-0.15, -0.1) is 0 Å². The number of piperidine rings is 1. The number of fused-ring (bicyclic) bond motifs is 1. The van der Waals surface area contributed by atoms with Gasteiger partial charge in [0, 0.05) is 48.9 Å². The summed E-state index contributed by atoms with van der Waals surface area (Å²) in [6.45, 7) is 6.13. The molecule has 1 amide bonds. The molecule has 1 aliphatic rings. The molecule has 1 aliphatic heterocycles. The normalized spacial score (nSPS) is 14.4. The van der Waals surface area contributed by atoms with E-state index in [1.807, 2.05) is 19.1 Å². The first-order chi connectivity index (χ1) is 17.0. The van der Waals surface area contributed by atoms with Gasteiger partial charge in [-0.05, 0) is 49.4 Å². The van der Waals surface area contributed by atoms with Crippen molar-refractivity contribution in [1.82, 2.24) is 19.9 Å². The lowest BCUT2D eigenvalue weighted by Gasteiger charge is -2.33. The summed E-state index contributed by atoms with van der Waals surface area (Å²) >= 11 is 0. The van der Waals surface area contributed by atoms with Crippen molar-refractivity contribution in [3.8, 4) is 11.3 Å². The molecule has 0 unspecified atom stereocenters. The van der Waals surface area contributed by atoms with E-state index in [9.17, 15) is 9.18 Å². The van der Waals surface area contributed by atoms with Crippen LogP contribution in [0.5, 0.6) is 0 Å². The summed E-state index contributed by atoms with van der Waals surface area (Å²) in [5, 5.41) is 7.79. The van der Waals surface area contributed by atoms with Gasteiger partial charge < -0.3 is 10.2 Å². The van der Waals surface area contributed by atoms with Crippen molar-refractivity contribution in [2.75, 3.05) is 18.0 Å². The maximum absolute atomic E-state index is 14.3. The Morgan fingerprint density at radius 3 is 2.49 bits per heavy atom. The van der Waals surface area contributed by atoms with Crippen LogP contribution in [0.2, 0.25) is 0 Å². The Kier molecular flexibility index (Phi) is 6.49. The molecule has 6 nitrogen and oxygen atoms in total. The molecule has 0 spiro atoms. The molecule has 0 aliphatic carbocycles. The van der Waals surface area contributed by atoms with Crippen LogP contribution in [0.4, 0.5) is 10.2 Å². The lowest BCUT2D eigenvalue weighted by atomic mass is 9.95. The quantitative estimate of drug-likeness (QED) is 0.433. The molecule has 7 heteroatoms. The third kappa shape index (κ3) is 4.90. The van der Waals surface area contributed by atoms with Crippen LogP contribution in [-0.2, 0) is 17.8 Å². The number of halogens is 1. The van der Waals surface area contributed by atoms with Crippen molar-refractivity contribution >= 4 is 17.4 Å². The Bertz CT molecular complexity index is 1340. The van der Waals surface area contributed by atoms with Crippen LogP contribution in [0, 0.1) is 18.7 Å². The first kappa shape index (κ1) is 23.0. The average Bonchev–Trinajstić information content (AvgIpc) is 3.31. The van der Waals surface area contributed by atoms with Crippen LogP contribution in [0.3, 0.4) is 0 Å². The van der Waals surface area contributed by atoms with Crippen LogP contribution >= 0.6 is 0 Å². The average molecular weight is 472 g/mol. The number of aryl methyl sites for hydroxylation is 2. The smallest absolute Gasteiger partial charge is 0.223 e. The van der Waals surface area contributed by atoms with Gasteiger partial charge in [-0.25, -0.2) is 9.37 Å². The molecule has 1 N–H and O–H groups in total. The second kappa shape index (κ2) is 9.86. The lowest BCUT2D eigenvalue weighted by Crippen LogP contribution is -2.41. The molecule has 1 saturated heterocycles. The third-order valence-electron chi connectivity index (χ3n) is 6.77. The number of rotatable bonds is 6. The molecule has 2 aromatic heterocycles. The fraction of sp³-hybridized carbons (Fsp3) is 0.321. The van der Waals surface area contributed by atoms with Gasteiger partial charge in [0.1, 0.15) is 11.6 Å². The van der Waals surface area contributed by atoms with Crippen molar-refractivity contribution in [2.24, 2.45) is 5.92 Å². The van der Waals surface area contributed by atoms with Gasteiger partial charge >= 0.3 is 0 Å². The van der Waals surface area contributed by atoms with Gasteiger partial charge in [0.15, 0.2) is 5.65 Å². The van der Waals surface area contributed by atoms with E-state index in [4.69, 9.17) is 0 Å². The standard InChI is InChI=1S/C28H30FN5O/c1-3-20-8-10-21(11-9-20)18-30-28(35)22-12-14-33(15-13-22)27-16-19(2)31-26-17-25(32-34(26)27)23-6-4-5-7-24(23)29/h4-11,16-17,22H,3,12-15,18H2,1-2H3,(H,30,35). The minimum absolute atomic E-state index is 0.00816. The number of hydrogen-bond acceptors (Lipinski definition) is 4. The number of amides is 1. The minimum atomic E-state index is -0.303. The van der Waals surface area contributed by atoms with Crippen LogP contribution in [-0.4, -0.2) is 33.6 Å². The number of hydrogen-bond donors (Lipinski definition) is 1. The van der Waals surface area contributed by atoms with Crippen molar-refractivity contribution in [3.63, 3.8) is 0 Å². The molecule has 2 aromatic carbocycles. The summed E-state index contributed by atoms with van der Waals surface area (Å²) in [6, 6.07) is 18.9. The molecule has 0 bridgehead atoms. The summed E-state index contributed by atoms with van der Waals surface area (Å²) in [5.74, 6) is 0.722. The zero-order valence-electron chi connectivity index (χ0n) is 20.2. The van der Waals surface area contributed by atoms with Gasteiger partial charge in [-0.3, -0.25) is 4.79 Å². The molecule has 180 valence electrons. The molecule has 1 fully saturated rings. The first-order valence-corrected chi connectivity index (χ1v) is 12.2. The number of aromatic nitrogens is 3. The van der Waals surface area contributed by atoms with Crippen LogP contribution in [0.15, 0.2) is 60.7 Å². The fourth-order valence-electron chi connectivity index (χ4n) is 4.70. The van der Waals surface area contributed by atoms with Crippen molar-refractivity contribution in [2.45, 2.75) is 39.7 Å². The molecule has 0 saturated carbocycles. The highest BCUT2D eigenvalue weighted by molar-refractivity contribution is 5.79. The minimum Gasteiger partial charge on any atom is -0.356 e. The Balaban J connectivity index is 1.27. The summed E-state index contributed by atoms with van der Waals surface area (Å²) in [7, 11) is 0. The molecule has 3 heterocycles. The van der Waals surface area contributed by atoms with E-state index in [0.29, 0.717) is 23.4 Å². The number of anilines is 1. The maximum Gasteiger partial charge on any atom is 0.223 e. The molecule has 0 radical (unpaired) electrons. The molecular weight excluding hydrogens is 441 g/mol. The highest BCUT2D eigenvalue weighted by Crippen LogP contribution is 2.28. The molecular formula is C28H30FN5O. The summed E-state index contributed by atoms with van der Waals surface area (Å²) in [6.07, 6.45) is 2.55. The largest absolute Gasteiger partial charge is 0.356 e. The second-order valence-electron chi connectivity index (χ2n) is 9.18. The molecule has 35 heavy (non-hydrogen) atoms. The van der Waals surface area contributed by atoms with Crippen LogP contribution < -0.4 is 10.2 Å². The fourth-order valence-corrected chi connectivity index (χ4v) is 4.70. The third-order valence-corrected chi connectivity index (χ3v) is 6.77. The van der Waals surface area contributed by atoms with Gasteiger partial charge in [-0.2, -0.15) is 9.61 Å². The predicted molar refractivity (Wildman–Crippen MR) is 136 cm³/mol. The van der Waals surface area contributed by atoms with Crippen LogP contribution in [0.25, 0.3) is 16.9 Å². The number of nitrogens with one attached hydrogen (secondary N) is 1. The Labute approximate surface area is 204 Å². The van der Waals surface area contributed by atoms with Gasteiger partial charge in [0.25, 0.3) is 0 Å². The number of benzene rings is 2. The van der Waals surface area contributed by atoms with E-state index in [2.05, 4.69) is 51.5 Å². The van der Waals surface area contributed by atoms with E-state index in [1.54, 1.807) is 22.7 Å². The van der Waals surface area contributed by atoms with Crippen molar-refractivity contribution in [3.05, 3.63) is 83.3 Å². The molecule has 4 aromatic rings. The summed E-state index contributed by atoms with van der Waals surface area (Å²) in [4.78, 5) is 19.6. The van der Waals surface area contributed by atoms with Gasteiger partial charge in [-0.1, -0.05) is 43.3 Å². The SMILES string of the molecule is CCc1ccc(CNC(=O)C2CCN(c3cc(C)nc4cc(-c5ccccc5F)nn34)CC2)cc1. The number of carbonyl (C=O) groups excluding carboxylic acids is 1. The maximum atomic E-state index is 14.3. The predicted octanol–water partition coefficient (Wildman–Crippen LogP) is 4.94. The van der Waals surface area contributed by atoms with Gasteiger partial charge in [0.2, 0.25) is 5.91 Å². The van der Waals surface area contributed by atoms with Crippen molar-refractivity contribution in [1.29, 1.82) is 0 Å². The second-order valence-corrected chi connectivity index (χ2v) is 9.18. The van der Waals surface area contributed by atoms with Gasteiger partial charge in [0.05, 0.1) is 5.69 Å². The number of nitrogens with zero attached hydrogens (tertiary/aromatic N) is 4. The monoisotopic (exact) mass is 471 g/mol. The summed E-state index contributed by atoms with van der Waals surface area (Å²) in [5.41, 5.74) is 5.00. The lowest BCUT2D eigenvalue weighted by molar-refractivity contribution is -0.125. The summed E-state index contributed by atoms with van der Waals surface area (Å²) < 4.78 is 16.1. The van der Waals surface area contributed by atoms with E-state index in [-0.39, 0.29) is 17.6 Å². The molecule has 5 rings (SSSR count). The van der Waals surface area contributed by atoms with E-state index < -0.39 is 0 Å². The highest BCUT2D eigenvalue weighted by Gasteiger charge is 2.26.